The Morgan fingerprint density at radius 3 is 2.85 bits per heavy atom. The van der Waals surface area contributed by atoms with Crippen molar-refractivity contribution in [1.82, 2.24) is 0 Å². The summed E-state index contributed by atoms with van der Waals surface area (Å²) in [6.45, 7) is 4.96. The molecule has 1 aliphatic heterocycles. The Morgan fingerprint density at radius 2 is 2.23 bits per heavy atom. The van der Waals surface area contributed by atoms with Gasteiger partial charge in [0.15, 0.2) is 0 Å². The maximum Gasteiger partial charge on any atom is 0.0677 e. The topological polar surface area (TPSA) is 42.2 Å². The van der Waals surface area contributed by atoms with E-state index in [-0.39, 0.29) is 5.92 Å². The lowest BCUT2D eigenvalue weighted by Crippen LogP contribution is -2.21. The first-order chi connectivity index (χ1) is 6.33. The smallest absolute Gasteiger partial charge is 0.0677 e. The quantitative estimate of drug-likeness (QED) is 0.664. The normalized spacial score (nSPS) is 20.9. The van der Waals surface area contributed by atoms with Gasteiger partial charge in [0.1, 0.15) is 0 Å². The molecule has 1 saturated heterocycles. The average molecular weight is 183 g/mol. The fourth-order valence-electron chi connectivity index (χ4n) is 1.36. The predicted octanol–water partition coefficient (Wildman–Crippen LogP) is 1.59. The van der Waals surface area contributed by atoms with E-state index >= 15 is 0 Å². The van der Waals surface area contributed by atoms with Gasteiger partial charge in [-0.15, -0.1) is 0 Å². The predicted molar refractivity (Wildman–Crippen MR) is 49.1 cm³/mol. The molecule has 1 fully saturated rings. The van der Waals surface area contributed by atoms with Crippen LogP contribution >= 0.6 is 0 Å². The van der Waals surface area contributed by atoms with Crippen LogP contribution in [0.25, 0.3) is 0 Å². The van der Waals surface area contributed by atoms with Gasteiger partial charge in [-0.3, -0.25) is 0 Å². The molecule has 0 radical (unpaired) electrons. The van der Waals surface area contributed by atoms with Crippen LogP contribution in [-0.4, -0.2) is 26.4 Å². The SMILES string of the molecule is CC(C#N)COCC1CCOCC1. The molecule has 0 bridgehead atoms. The van der Waals surface area contributed by atoms with E-state index in [1.165, 1.54) is 0 Å². The summed E-state index contributed by atoms with van der Waals surface area (Å²) in [6.07, 6.45) is 2.20. The average Bonchev–Trinajstić information content (AvgIpc) is 2.19. The molecule has 0 aromatic rings. The Hall–Kier alpha value is -0.590. The van der Waals surface area contributed by atoms with E-state index in [1.807, 2.05) is 6.92 Å². The summed E-state index contributed by atoms with van der Waals surface area (Å²) in [6, 6.07) is 2.15. The standard InChI is InChI=1S/C10H17NO2/c1-9(6-11)7-13-8-10-2-4-12-5-3-10/h9-10H,2-5,7-8H2,1H3. The van der Waals surface area contributed by atoms with Crippen LogP contribution in [0.15, 0.2) is 0 Å². The van der Waals surface area contributed by atoms with E-state index in [2.05, 4.69) is 6.07 Å². The molecule has 0 aromatic carbocycles. The van der Waals surface area contributed by atoms with Crippen molar-refractivity contribution in [2.24, 2.45) is 11.8 Å². The highest BCUT2D eigenvalue weighted by Crippen LogP contribution is 2.14. The Labute approximate surface area is 79.6 Å². The fourth-order valence-corrected chi connectivity index (χ4v) is 1.36. The number of hydrogen-bond donors (Lipinski definition) is 0. The minimum atomic E-state index is 0.0137. The van der Waals surface area contributed by atoms with Gasteiger partial charge >= 0.3 is 0 Å². The van der Waals surface area contributed by atoms with Crippen molar-refractivity contribution in [2.75, 3.05) is 26.4 Å². The first-order valence-corrected chi connectivity index (χ1v) is 4.88. The maximum atomic E-state index is 8.52. The molecule has 13 heavy (non-hydrogen) atoms. The Morgan fingerprint density at radius 1 is 1.54 bits per heavy atom. The summed E-state index contributed by atoms with van der Waals surface area (Å²) in [5, 5.41) is 8.52. The van der Waals surface area contributed by atoms with Gasteiger partial charge in [0.05, 0.1) is 18.6 Å². The summed E-state index contributed by atoms with van der Waals surface area (Å²) in [4.78, 5) is 0. The minimum Gasteiger partial charge on any atom is -0.381 e. The number of rotatable bonds is 4. The molecule has 0 N–H and O–H groups in total. The van der Waals surface area contributed by atoms with Crippen LogP contribution in [0.4, 0.5) is 0 Å². The zero-order valence-electron chi connectivity index (χ0n) is 8.16. The van der Waals surface area contributed by atoms with Gasteiger partial charge in [0.25, 0.3) is 0 Å². The Kier molecular flexibility index (Phi) is 4.81. The summed E-state index contributed by atoms with van der Waals surface area (Å²) >= 11 is 0. The second kappa shape index (κ2) is 5.95. The van der Waals surface area contributed by atoms with E-state index in [0.717, 1.165) is 32.7 Å². The largest absolute Gasteiger partial charge is 0.381 e. The summed E-state index contributed by atoms with van der Waals surface area (Å²) in [5.41, 5.74) is 0. The van der Waals surface area contributed by atoms with Gasteiger partial charge < -0.3 is 9.47 Å². The van der Waals surface area contributed by atoms with Gasteiger partial charge in [-0.25, -0.2) is 0 Å². The van der Waals surface area contributed by atoms with Crippen LogP contribution in [0.1, 0.15) is 19.8 Å². The van der Waals surface area contributed by atoms with Gasteiger partial charge in [-0.05, 0) is 25.7 Å². The van der Waals surface area contributed by atoms with E-state index in [1.54, 1.807) is 0 Å². The van der Waals surface area contributed by atoms with Crippen LogP contribution < -0.4 is 0 Å². The highest BCUT2D eigenvalue weighted by atomic mass is 16.5. The molecule has 0 aliphatic carbocycles. The molecular formula is C10H17NO2. The van der Waals surface area contributed by atoms with Crippen LogP contribution in [-0.2, 0) is 9.47 Å². The Bertz CT molecular complexity index is 170. The van der Waals surface area contributed by atoms with Crippen LogP contribution in [0.2, 0.25) is 0 Å². The van der Waals surface area contributed by atoms with Crippen molar-refractivity contribution in [1.29, 1.82) is 5.26 Å². The minimum absolute atomic E-state index is 0.0137. The van der Waals surface area contributed by atoms with E-state index in [0.29, 0.717) is 12.5 Å². The number of nitrogens with zero attached hydrogens (tertiary/aromatic N) is 1. The highest BCUT2D eigenvalue weighted by molar-refractivity contribution is 4.77. The monoisotopic (exact) mass is 183 g/mol. The lowest BCUT2D eigenvalue weighted by atomic mass is 10.0. The second-order valence-corrected chi connectivity index (χ2v) is 3.62. The van der Waals surface area contributed by atoms with E-state index < -0.39 is 0 Å². The molecule has 1 unspecified atom stereocenters. The number of hydrogen-bond acceptors (Lipinski definition) is 3. The third-order valence-corrected chi connectivity index (χ3v) is 2.28. The molecule has 1 atom stereocenters. The summed E-state index contributed by atoms with van der Waals surface area (Å²) < 4.78 is 10.7. The van der Waals surface area contributed by atoms with Crippen LogP contribution in [0.5, 0.6) is 0 Å². The zero-order valence-corrected chi connectivity index (χ0v) is 8.16. The van der Waals surface area contributed by atoms with Gasteiger partial charge in [-0.2, -0.15) is 5.26 Å². The third-order valence-electron chi connectivity index (χ3n) is 2.28. The molecule has 0 aromatic heterocycles. The van der Waals surface area contributed by atoms with Crippen LogP contribution in [0, 0.1) is 23.2 Å². The van der Waals surface area contributed by atoms with Crippen molar-refractivity contribution in [2.45, 2.75) is 19.8 Å². The first-order valence-electron chi connectivity index (χ1n) is 4.88. The van der Waals surface area contributed by atoms with E-state index in [9.17, 15) is 0 Å². The molecule has 3 nitrogen and oxygen atoms in total. The summed E-state index contributed by atoms with van der Waals surface area (Å²) in [5.74, 6) is 0.652. The number of ether oxygens (including phenoxy) is 2. The Balaban J connectivity index is 2.02. The lowest BCUT2D eigenvalue weighted by Gasteiger charge is -2.21. The van der Waals surface area contributed by atoms with Crippen molar-refractivity contribution >= 4 is 0 Å². The third kappa shape index (κ3) is 4.25. The van der Waals surface area contributed by atoms with Gasteiger partial charge in [0.2, 0.25) is 0 Å². The second-order valence-electron chi connectivity index (χ2n) is 3.62. The highest BCUT2D eigenvalue weighted by Gasteiger charge is 2.13. The van der Waals surface area contributed by atoms with Crippen molar-refractivity contribution in [3.8, 4) is 6.07 Å². The molecular weight excluding hydrogens is 166 g/mol. The molecule has 74 valence electrons. The summed E-state index contributed by atoms with van der Waals surface area (Å²) in [7, 11) is 0. The molecule has 1 aliphatic rings. The van der Waals surface area contributed by atoms with Gasteiger partial charge in [-0.1, -0.05) is 0 Å². The van der Waals surface area contributed by atoms with Crippen LogP contribution in [0.3, 0.4) is 0 Å². The van der Waals surface area contributed by atoms with Crippen molar-refractivity contribution < 1.29 is 9.47 Å². The zero-order chi connectivity index (χ0) is 9.52. The first kappa shape index (κ1) is 10.5. The number of nitriles is 1. The molecule has 3 heteroatoms. The maximum absolute atomic E-state index is 8.52. The molecule has 1 heterocycles. The lowest BCUT2D eigenvalue weighted by molar-refractivity contribution is 0.0166. The van der Waals surface area contributed by atoms with Gasteiger partial charge in [0, 0.05) is 19.8 Å². The molecule has 0 amide bonds. The molecule has 0 spiro atoms. The molecule has 1 rings (SSSR count). The van der Waals surface area contributed by atoms with Crippen molar-refractivity contribution in [3.05, 3.63) is 0 Å². The van der Waals surface area contributed by atoms with Crippen molar-refractivity contribution in [3.63, 3.8) is 0 Å². The molecule has 0 saturated carbocycles. The fraction of sp³-hybridized carbons (Fsp3) is 0.900. The van der Waals surface area contributed by atoms with E-state index in [4.69, 9.17) is 14.7 Å².